The average Bonchev–Trinajstić information content (AvgIpc) is 3.24. The number of morpholine rings is 1. The van der Waals surface area contributed by atoms with Gasteiger partial charge in [0, 0.05) is 12.7 Å². The summed E-state index contributed by atoms with van der Waals surface area (Å²) in [5.41, 5.74) is 0.776. The average molecular weight is 303 g/mol. The lowest BCUT2D eigenvalue weighted by Gasteiger charge is -2.43. The van der Waals surface area contributed by atoms with E-state index in [0.717, 1.165) is 37.9 Å². The first kappa shape index (κ1) is 14.2. The van der Waals surface area contributed by atoms with Crippen molar-refractivity contribution in [1.29, 1.82) is 0 Å². The van der Waals surface area contributed by atoms with E-state index in [1.165, 1.54) is 25.7 Å². The van der Waals surface area contributed by atoms with Crippen molar-refractivity contribution in [3.8, 4) is 0 Å². The van der Waals surface area contributed by atoms with E-state index in [2.05, 4.69) is 10.00 Å². The van der Waals surface area contributed by atoms with Crippen LogP contribution >= 0.6 is 0 Å². The second kappa shape index (κ2) is 6.03. The molecular weight excluding hydrogens is 278 g/mol. The molecule has 5 heteroatoms. The molecule has 5 nitrogen and oxygen atoms in total. The fourth-order valence-electron chi connectivity index (χ4n) is 4.42. The van der Waals surface area contributed by atoms with Crippen LogP contribution in [0.3, 0.4) is 0 Å². The van der Waals surface area contributed by atoms with Gasteiger partial charge in [0.05, 0.1) is 24.8 Å². The number of rotatable bonds is 2. The molecule has 0 N–H and O–H groups in total. The highest BCUT2D eigenvalue weighted by atomic mass is 16.5. The van der Waals surface area contributed by atoms with Crippen LogP contribution in [0.1, 0.15) is 67.9 Å². The van der Waals surface area contributed by atoms with E-state index >= 15 is 0 Å². The van der Waals surface area contributed by atoms with Gasteiger partial charge in [0.1, 0.15) is 5.69 Å². The molecule has 1 amide bonds. The van der Waals surface area contributed by atoms with Crippen LogP contribution in [-0.4, -0.2) is 45.9 Å². The van der Waals surface area contributed by atoms with Gasteiger partial charge in [-0.15, -0.1) is 0 Å². The molecule has 0 radical (unpaired) electrons. The lowest BCUT2D eigenvalue weighted by atomic mass is 9.90. The van der Waals surface area contributed by atoms with E-state index in [1.54, 1.807) is 6.20 Å². The van der Waals surface area contributed by atoms with Gasteiger partial charge in [-0.05, 0) is 31.7 Å². The second-order valence-corrected chi connectivity index (χ2v) is 6.86. The van der Waals surface area contributed by atoms with E-state index < -0.39 is 0 Å². The summed E-state index contributed by atoms with van der Waals surface area (Å²) in [6, 6.07) is 2.58. The fraction of sp³-hybridized carbons (Fsp3) is 0.765. The van der Waals surface area contributed by atoms with E-state index in [0.29, 0.717) is 12.6 Å². The number of amides is 1. The summed E-state index contributed by atoms with van der Waals surface area (Å²) in [4.78, 5) is 15.2. The number of carbonyl (C=O) groups excluding carboxylic acids is 1. The fourth-order valence-corrected chi connectivity index (χ4v) is 4.42. The van der Waals surface area contributed by atoms with Crippen molar-refractivity contribution in [3.63, 3.8) is 0 Å². The zero-order chi connectivity index (χ0) is 14.9. The predicted octanol–water partition coefficient (Wildman–Crippen LogP) is 2.78. The molecule has 0 unspecified atom stereocenters. The first-order valence-corrected chi connectivity index (χ1v) is 8.80. The zero-order valence-corrected chi connectivity index (χ0v) is 13.1. The molecule has 22 heavy (non-hydrogen) atoms. The van der Waals surface area contributed by atoms with Gasteiger partial charge in [-0.3, -0.25) is 9.48 Å². The maximum Gasteiger partial charge on any atom is 0.272 e. The Balaban J connectivity index is 1.57. The molecule has 0 spiro atoms. The van der Waals surface area contributed by atoms with Gasteiger partial charge in [0.2, 0.25) is 0 Å². The third kappa shape index (κ3) is 2.45. The van der Waals surface area contributed by atoms with Crippen molar-refractivity contribution in [3.05, 3.63) is 18.0 Å². The third-order valence-electron chi connectivity index (χ3n) is 5.55. The Hall–Kier alpha value is -1.36. The smallest absolute Gasteiger partial charge is 0.272 e. The van der Waals surface area contributed by atoms with Crippen molar-refractivity contribution in [2.24, 2.45) is 0 Å². The van der Waals surface area contributed by atoms with Gasteiger partial charge in [0.15, 0.2) is 0 Å². The van der Waals surface area contributed by atoms with Crippen molar-refractivity contribution in [2.45, 2.75) is 69.6 Å². The Morgan fingerprint density at radius 2 is 1.91 bits per heavy atom. The Kier molecular flexibility index (Phi) is 3.90. The highest BCUT2D eigenvalue weighted by Crippen LogP contribution is 2.32. The van der Waals surface area contributed by atoms with Gasteiger partial charge in [-0.1, -0.05) is 25.7 Å². The number of fused-ring (bicyclic) bond motifs is 1. The Labute approximate surface area is 131 Å². The highest BCUT2D eigenvalue weighted by Gasteiger charge is 2.38. The van der Waals surface area contributed by atoms with Gasteiger partial charge < -0.3 is 9.64 Å². The maximum absolute atomic E-state index is 13.1. The van der Waals surface area contributed by atoms with E-state index in [9.17, 15) is 4.79 Å². The molecule has 1 saturated heterocycles. The summed E-state index contributed by atoms with van der Waals surface area (Å²) in [6.45, 7) is 1.39. The normalized spacial score (nSPS) is 29.5. The van der Waals surface area contributed by atoms with Crippen LogP contribution < -0.4 is 0 Å². The third-order valence-corrected chi connectivity index (χ3v) is 5.55. The minimum absolute atomic E-state index is 0.157. The molecular formula is C17H25N3O2. The van der Waals surface area contributed by atoms with Gasteiger partial charge in [-0.25, -0.2) is 0 Å². The lowest BCUT2D eigenvalue weighted by Crippen LogP contribution is -2.55. The van der Waals surface area contributed by atoms with Crippen LogP contribution in [0.15, 0.2) is 12.3 Å². The molecule has 3 fully saturated rings. The second-order valence-electron chi connectivity index (χ2n) is 6.86. The molecule has 2 aliphatic carbocycles. The van der Waals surface area contributed by atoms with Crippen LogP contribution in [0.2, 0.25) is 0 Å². The van der Waals surface area contributed by atoms with Crippen LogP contribution in [0.5, 0.6) is 0 Å². The first-order chi connectivity index (χ1) is 10.8. The zero-order valence-electron chi connectivity index (χ0n) is 13.1. The van der Waals surface area contributed by atoms with Gasteiger partial charge >= 0.3 is 0 Å². The number of carbonyl (C=O) groups is 1. The SMILES string of the molecule is O=C(c1ccnn1C1CCCC1)N1CCO[C@H]2CCCC[C@H]21. The molecule has 1 aromatic heterocycles. The highest BCUT2D eigenvalue weighted by molar-refractivity contribution is 5.93. The van der Waals surface area contributed by atoms with Gasteiger partial charge in [-0.2, -0.15) is 5.10 Å². The Morgan fingerprint density at radius 3 is 2.77 bits per heavy atom. The largest absolute Gasteiger partial charge is 0.374 e. The predicted molar refractivity (Wildman–Crippen MR) is 82.8 cm³/mol. The molecule has 120 valence electrons. The monoisotopic (exact) mass is 303 g/mol. The molecule has 2 atom stereocenters. The molecule has 0 aromatic carbocycles. The summed E-state index contributed by atoms with van der Waals surface area (Å²) in [7, 11) is 0. The van der Waals surface area contributed by atoms with Crippen LogP contribution in [0, 0.1) is 0 Å². The topological polar surface area (TPSA) is 47.4 Å². The molecule has 2 heterocycles. The van der Waals surface area contributed by atoms with Crippen molar-refractivity contribution in [2.75, 3.05) is 13.2 Å². The summed E-state index contributed by atoms with van der Waals surface area (Å²) in [5, 5.41) is 4.46. The van der Waals surface area contributed by atoms with Crippen molar-refractivity contribution < 1.29 is 9.53 Å². The number of ether oxygens (including phenoxy) is 1. The molecule has 4 rings (SSSR count). The summed E-state index contributed by atoms with van der Waals surface area (Å²) in [5.74, 6) is 0.157. The number of hydrogen-bond acceptors (Lipinski definition) is 3. The number of nitrogens with zero attached hydrogens (tertiary/aromatic N) is 3. The number of hydrogen-bond donors (Lipinski definition) is 0. The van der Waals surface area contributed by atoms with Crippen LogP contribution in [-0.2, 0) is 4.74 Å². The minimum Gasteiger partial charge on any atom is -0.374 e. The molecule has 0 bridgehead atoms. The van der Waals surface area contributed by atoms with Crippen LogP contribution in [0.4, 0.5) is 0 Å². The van der Waals surface area contributed by atoms with Crippen LogP contribution in [0.25, 0.3) is 0 Å². The lowest BCUT2D eigenvalue weighted by molar-refractivity contribution is -0.0756. The maximum atomic E-state index is 13.1. The van der Waals surface area contributed by atoms with Gasteiger partial charge in [0.25, 0.3) is 5.91 Å². The first-order valence-electron chi connectivity index (χ1n) is 8.80. The molecule has 1 aliphatic heterocycles. The molecule has 3 aliphatic rings. The van der Waals surface area contributed by atoms with Crippen molar-refractivity contribution >= 4 is 5.91 Å². The minimum atomic E-state index is 0.157. The van der Waals surface area contributed by atoms with E-state index in [-0.39, 0.29) is 18.1 Å². The van der Waals surface area contributed by atoms with E-state index in [1.807, 2.05) is 10.7 Å². The van der Waals surface area contributed by atoms with Crippen molar-refractivity contribution in [1.82, 2.24) is 14.7 Å². The summed E-state index contributed by atoms with van der Waals surface area (Å²) >= 11 is 0. The standard InChI is InChI=1S/C17H25N3O2/c21-17(15-9-10-18-20(15)13-5-1-2-6-13)19-11-12-22-16-8-4-3-7-14(16)19/h9-10,13-14,16H,1-8,11-12H2/t14-,16+/m1/s1. The molecule has 1 aromatic rings. The molecule has 2 saturated carbocycles. The summed E-state index contributed by atoms with van der Waals surface area (Å²) < 4.78 is 7.88. The Morgan fingerprint density at radius 1 is 1.14 bits per heavy atom. The Bertz CT molecular complexity index is 534. The quantitative estimate of drug-likeness (QED) is 0.844. The van der Waals surface area contributed by atoms with E-state index in [4.69, 9.17) is 4.74 Å². The number of aromatic nitrogens is 2. The summed E-state index contributed by atoms with van der Waals surface area (Å²) in [6.07, 6.45) is 11.4.